The predicted molar refractivity (Wildman–Crippen MR) is 76.9 cm³/mol. The summed E-state index contributed by atoms with van der Waals surface area (Å²) in [6.07, 6.45) is -3.93. The highest BCUT2D eigenvalue weighted by Gasteiger charge is 2.44. The molecule has 23 heavy (non-hydrogen) atoms. The van der Waals surface area contributed by atoms with Crippen molar-refractivity contribution in [1.82, 2.24) is 9.55 Å². The zero-order valence-corrected chi connectivity index (χ0v) is 12.5. The molecule has 126 valence electrons. The molecule has 0 aromatic carbocycles. The van der Waals surface area contributed by atoms with E-state index in [-0.39, 0.29) is 17.8 Å². The van der Waals surface area contributed by atoms with E-state index in [1.165, 1.54) is 10.9 Å². The first-order chi connectivity index (χ1) is 10.9. The molecule has 1 aromatic heterocycles. The number of imidazole rings is 1. The fraction of sp³-hybridized carbons (Fsp3) is 0.571. The summed E-state index contributed by atoms with van der Waals surface area (Å²) in [4.78, 5) is 15.3. The summed E-state index contributed by atoms with van der Waals surface area (Å²) in [5.74, 6) is 4.55. The lowest BCUT2D eigenvalue weighted by Gasteiger charge is -2.17. The molecule has 5 atom stereocenters. The van der Waals surface area contributed by atoms with Gasteiger partial charge in [0.25, 0.3) is 5.91 Å². The quantitative estimate of drug-likeness (QED) is 0.391. The number of amides is 1. The van der Waals surface area contributed by atoms with Gasteiger partial charge in [0.1, 0.15) is 24.0 Å². The van der Waals surface area contributed by atoms with Gasteiger partial charge >= 0.3 is 0 Å². The van der Waals surface area contributed by atoms with Crippen molar-refractivity contribution >= 4 is 5.91 Å². The maximum atomic E-state index is 11.4. The number of nitrogens with zero attached hydrogens (tertiary/aromatic N) is 2. The molecule has 9 heteroatoms. The molecule has 0 bridgehead atoms. The molecule has 1 aromatic rings. The van der Waals surface area contributed by atoms with Crippen LogP contribution in [-0.2, 0) is 4.74 Å². The minimum atomic E-state index is -1.33. The van der Waals surface area contributed by atoms with Crippen molar-refractivity contribution in [2.45, 2.75) is 44.0 Å². The number of aromatic nitrogens is 2. The zero-order valence-electron chi connectivity index (χ0n) is 12.5. The smallest absolute Gasteiger partial charge is 0.270 e. The van der Waals surface area contributed by atoms with Crippen LogP contribution >= 0.6 is 0 Å². The van der Waals surface area contributed by atoms with Crippen LogP contribution in [0.5, 0.6) is 0 Å². The Balaban J connectivity index is 2.38. The van der Waals surface area contributed by atoms with E-state index in [1.54, 1.807) is 6.92 Å². The van der Waals surface area contributed by atoms with Gasteiger partial charge in [0.15, 0.2) is 11.9 Å². The number of rotatable bonds is 4. The summed E-state index contributed by atoms with van der Waals surface area (Å²) < 4.78 is 6.66. The van der Waals surface area contributed by atoms with Crippen molar-refractivity contribution < 1.29 is 30.0 Å². The average molecular weight is 325 g/mol. The first-order valence-corrected chi connectivity index (χ1v) is 7.02. The highest BCUT2D eigenvalue weighted by molar-refractivity contribution is 5.93. The van der Waals surface area contributed by atoms with Crippen molar-refractivity contribution in [1.29, 1.82) is 0 Å². The Morgan fingerprint density at radius 3 is 2.74 bits per heavy atom. The number of carbonyl (C=O) groups excluding carboxylic acids is 1. The lowest BCUT2D eigenvalue weighted by atomic mass is 10.1. The van der Waals surface area contributed by atoms with E-state index < -0.39 is 43.2 Å². The van der Waals surface area contributed by atoms with Gasteiger partial charge in [-0.05, 0) is 12.8 Å². The van der Waals surface area contributed by atoms with Crippen LogP contribution in [0, 0.1) is 11.8 Å². The van der Waals surface area contributed by atoms with Gasteiger partial charge in [0.05, 0.1) is 19.0 Å². The van der Waals surface area contributed by atoms with E-state index in [4.69, 9.17) is 15.6 Å². The zero-order chi connectivity index (χ0) is 17.1. The summed E-state index contributed by atoms with van der Waals surface area (Å²) in [6.45, 7) is 1.09. The molecule has 9 nitrogen and oxygen atoms in total. The minimum absolute atomic E-state index is 0.105. The topological polar surface area (TPSA) is 151 Å². The molecule has 0 saturated carbocycles. The van der Waals surface area contributed by atoms with E-state index in [1.807, 2.05) is 0 Å². The fourth-order valence-corrected chi connectivity index (χ4v) is 2.25. The molecule has 2 rings (SSSR count). The van der Waals surface area contributed by atoms with E-state index in [0.29, 0.717) is 0 Å². The summed E-state index contributed by atoms with van der Waals surface area (Å²) in [6, 6.07) is 0. The standard InChI is InChI=1S/C14H19N3O6/c1-7(19)3-2-4-8-10(13(15)22)16-6-17(8)14-12(21)11(20)9(5-18)23-14/h6-7,9,11-12,14,18-21H,3,5H2,1H3,(H2,15,22)/t7?,9-,11-,12-,14?/m1/s1. The monoisotopic (exact) mass is 325 g/mol. The van der Waals surface area contributed by atoms with Crippen molar-refractivity contribution in [3.05, 3.63) is 17.7 Å². The van der Waals surface area contributed by atoms with Crippen molar-refractivity contribution in [3.8, 4) is 11.8 Å². The number of hydrogen-bond donors (Lipinski definition) is 5. The highest BCUT2D eigenvalue weighted by atomic mass is 16.6. The summed E-state index contributed by atoms with van der Waals surface area (Å²) in [5.41, 5.74) is 5.24. The van der Waals surface area contributed by atoms with Crippen LogP contribution in [-0.4, -0.2) is 66.9 Å². The molecule has 6 N–H and O–H groups in total. The number of ether oxygens (including phenoxy) is 1. The van der Waals surface area contributed by atoms with Crippen LogP contribution in [0.15, 0.2) is 6.33 Å². The van der Waals surface area contributed by atoms with Gasteiger partial charge in [0, 0.05) is 6.42 Å². The first-order valence-electron chi connectivity index (χ1n) is 7.02. The van der Waals surface area contributed by atoms with Crippen LogP contribution < -0.4 is 5.73 Å². The molecule has 0 spiro atoms. The molecule has 1 saturated heterocycles. The molecule has 1 aliphatic rings. The normalized spacial score (nSPS) is 28.2. The molecule has 0 radical (unpaired) electrons. The highest BCUT2D eigenvalue weighted by Crippen LogP contribution is 2.30. The van der Waals surface area contributed by atoms with Crippen LogP contribution in [0.3, 0.4) is 0 Å². The first kappa shape index (κ1) is 17.4. The van der Waals surface area contributed by atoms with E-state index in [2.05, 4.69) is 16.8 Å². The molecular weight excluding hydrogens is 306 g/mol. The SMILES string of the molecule is CC(O)CC#Cc1c(C(N)=O)ncn1C1O[C@H](CO)[C@@H](O)[C@H]1O. The Kier molecular flexibility index (Phi) is 5.35. The van der Waals surface area contributed by atoms with Gasteiger partial charge in [-0.2, -0.15) is 0 Å². The number of aliphatic hydroxyl groups excluding tert-OH is 4. The third kappa shape index (κ3) is 3.52. The van der Waals surface area contributed by atoms with Gasteiger partial charge in [-0.3, -0.25) is 9.36 Å². The number of nitrogens with two attached hydrogens (primary N) is 1. The Morgan fingerprint density at radius 1 is 1.52 bits per heavy atom. The Morgan fingerprint density at radius 2 is 2.22 bits per heavy atom. The second kappa shape index (κ2) is 7.08. The van der Waals surface area contributed by atoms with Gasteiger partial charge in [0.2, 0.25) is 0 Å². The lowest BCUT2D eigenvalue weighted by molar-refractivity contribution is -0.0531. The van der Waals surface area contributed by atoms with E-state index >= 15 is 0 Å². The number of aliphatic hydroxyl groups is 4. The summed E-state index contributed by atoms with van der Waals surface area (Å²) >= 11 is 0. The Hall–Kier alpha value is -1.96. The second-order valence-corrected chi connectivity index (χ2v) is 5.30. The van der Waals surface area contributed by atoms with Crippen LogP contribution in [0.4, 0.5) is 0 Å². The summed E-state index contributed by atoms with van der Waals surface area (Å²) in [5, 5.41) is 38.2. The average Bonchev–Trinajstić information content (AvgIpc) is 3.02. The van der Waals surface area contributed by atoms with Crippen molar-refractivity contribution in [2.75, 3.05) is 6.61 Å². The molecule has 0 aliphatic carbocycles. The largest absolute Gasteiger partial charge is 0.394 e. The molecule has 1 aliphatic heterocycles. The predicted octanol–water partition coefficient (Wildman–Crippen LogP) is -2.28. The lowest BCUT2D eigenvalue weighted by Crippen LogP contribution is -2.33. The van der Waals surface area contributed by atoms with Crippen molar-refractivity contribution in [2.24, 2.45) is 5.73 Å². The van der Waals surface area contributed by atoms with E-state index in [0.717, 1.165) is 0 Å². The van der Waals surface area contributed by atoms with Gasteiger partial charge in [-0.15, -0.1) is 0 Å². The molecule has 1 fully saturated rings. The fourth-order valence-electron chi connectivity index (χ4n) is 2.25. The Bertz CT molecular complexity index is 632. The van der Waals surface area contributed by atoms with Crippen molar-refractivity contribution in [3.63, 3.8) is 0 Å². The third-order valence-electron chi connectivity index (χ3n) is 3.42. The van der Waals surface area contributed by atoms with Crippen LogP contribution in [0.25, 0.3) is 0 Å². The number of hydrogen-bond acceptors (Lipinski definition) is 7. The van der Waals surface area contributed by atoms with Crippen LogP contribution in [0.2, 0.25) is 0 Å². The van der Waals surface area contributed by atoms with Gasteiger partial charge in [-0.25, -0.2) is 4.98 Å². The van der Waals surface area contributed by atoms with E-state index in [9.17, 15) is 20.1 Å². The number of primary amides is 1. The number of carbonyl (C=O) groups is 1. The third-order valence-corrected chi connectivity index (χ3v) is 3.42. The maximum absolute atomic E-state index is 11.4. The minimum Gasteiger partial charge on any atom is -0.394 e. The van der Waals surface area contributed by atoms with Crippen LogP contribution in [0.1, 0.15) is 35.8 Å². The second-order valence-electron chi connectivity index (χ2n) is 5.30. The maximum Gasteiger partial charge on any atom is 0.270 e. The molecule has 2 unspecified atom stereocenters. The molecule has 2 heterocycles. The summed E-state index contributed by atoms with van der Waals surface area (Å²) in [7, 11) is 0. The Labute approximate surface area is 132 Å². The van der Waals surface area contributed by atoms with Gasteiger partial charge < -0.3 is 30.9 Å². The molecular formula is C14H19N3O6. The van der Waals surface area contributed by atoms with Gasteiger partial charge in [-0.1, -0.05) is 5.92 Å². The molecule has 1 amide bonds.